The molecule has 2 aromatic carbocycles. The van der Waals surface area contributed by atoms with Crippen molar-refractivity contribution in [1.29, 1.82) is 0 Å². The Morgan fingerprint density at radius 1 is 1.05 bits per heavy atom. The molecule has 0 bridgehead atoms. The number of rotatable bonds is 3. The van der Waals surface area contributed by atoms with E-state index in [9.17, 15) is 13.2 Å². The predicted molar refractivity (Wildman–Crippen MR) is 79.6 cm³/mol. The van der Waals surface area contributed by atoms with Crippen molar-refractivity contribution in [3.05, 3.63) is 57.6 Å². The Bertz CT molecular complexity index is 634. The zero-order chi connectivity index (χ0) is 15.6. The maximum Gasteiger partial charge on any atom is 0.416 e. The molecular weight excluding hydrogens is 324 g/mol. The molecule has 3 N–H and O–H groups in total. The molecule has 2 nitrogen and oxygen atoms in total. The van der Waals surface area contributed by atoms with E-state index in [0.29, 0.717) is 11.3 Å². The van der Waals surface area contributed by atoms with Crippen LogP contribution in [-0.2, 0) is 12.7 Å². The fourth-order valence-corrected chi connectivity index (χ4v) is 2.24. The Kier molecular flexibility index (Phi) is 4.54. The number of alkyl halides is 3. The standard InChI is InChI=1S/C14H11Cl2F3N2/c15-11-5-10(6-12(16)13(11)20)21-7-8-2-1-3-9(4-8)14(17,18)19/h1-6,21H,7,20H2. The van der Waals surface area contributed by atoms with Gasteiger partial charge in [-0.25, -0.2) is 0 Å². The summed E-state index contributed by atoms with van der Waals surface area (Å²) >= 11 is 11.8. The molecule has 0 radical (unpaired) electrons. The van der Waals surface area contributed by atoms with Crippen LogP contribution in [0, 0.1) is 0 Å². The highest BCUT2D eigenvalue weighted by atomic mass is 35.5. The lowest BCUT2D eigenvalue weighted by Crippen LogP contribution is -2.07. The first-order valence-electron chi connectivity index (χ1n) is 5.92. The summed E-state index contributed by atoms with van der Waals surface area (Å²) in [7, 11) is 0. The highest BCUT2D eigenvalue weighted by Crippen LogP contribution is 2.32. The SMILES string of the molecule is Nc1c(Cl)cc(NCc2cccc(C(F)(F)F)c2)cc1Cl. The lowest BCUT2D eigenvalue weighted by molar-refractivity contribution is -0.137. The van der Waals surface area contributed by atoms with E-state index in [1.807, 2.05) is 0 Å². The van der Waals surface area contributed by atoms with Crippen LogP contribution >= 0.6 is 23.2 Å². The Morgan fingerprint density at radius 2 is 1.67 bits per heavy atom. The van der Waals surface area contributed by atoms with Crippen molar-refractivity contribution in [2.75, 3.05) is 11.1 Å². The highest BCUT2D eigenvalue weighted by molar-refractivity contribution is 6.39. The number of hydrogen-bond acceptors (Lipinski definition) is 2. The largest absolute Gasteiger partial charge is 0.416 e. The van der Waals surface area contributed by atoms with Gasteiger partial charge in [0.2, 0.25) is 0 Å². The van der Waals surface area contributed by atoms with Crippen molar-refractivity contribution in [1.82, 2.24) is 0 Å². The molecule has 0 spiro atoms. The molecule has 0 aliphatic carbocycles. The molecule has 2 aromatic rings. The van der Waals surface area contributed by atoms with Crippen LogP contribution in [0.4, 0.5) is 24.5 Å². The highest BCUT2D eigenvalue weighted by Gasteiger charge is 2.30. The van der Waals surface area contributed by atoms with Crippen molar-refractivity contribution in [2.45, 2.75) is 12.7 Å². The number of benzene rings is 2. The first kappa shape index (κ1) is 15.8. The minimum atomic E-state index is -4.36. The summed E-state index contributed by atoms with van der Waals surface area (Å²) in [6.07, 6.45) is -4.36. The summed E-state index contributed by atoms with van der Waals surface area (Å²) in [6.45, 7) is 0.209. The molecule has 112 valence electrons. The Balaban J connectivity index is 2.14. The lowest BCUT2D eigenvalue weighted by Gasteiger charge is -2.11. The van der Waals surface area contributed by atoms with Gasteiger partial charge >= 0.3 is 6.18 Å². The predicted octanol–water partition coefficient (Wildman–Crippen LogP) is 5.21. The van der Waals surface area contributed by atoms with Crippen LogP contribution < -0.4 is 11.1 Å². The van der Waals surface area contributed by atoms with Gasteiger partial charge < -0.3 is 11.1 Å². The lowest BCUT2D eigenvalue weighted by atomic mass is 10.1. The van der Waals surface area contributed by atoms with Gasteiger partial charge in [0.25, 0.3) is 0 Å². The fraction of sp³-hybridized carbons (Fsp3) is 0.143. The van der Waals surface area contributed by atoms with Crippen LogP contribution in [0.25, 0.3) is 0 Å². The van der Waals surface area contributed by atoms with Crippen LogP contribution in [0.5, 0.6) is 0 Å². The molecule has 21 heavy (non-hydrogen) atoms. The molecule has 0 saturated carbocycles. The van der Waals surface area contributed by atoms with Gasteiger partial charge in [0.05, 0.1) is 21.3 Å². The first-order chi connectivity index (χ1) is 9.77. The average molecular weight is 335 g/mol. The summed E-state index contributed by atoms with van der Waals surface area (Å²) in [6, 6.07) is 8.21. The normalized spacial score (nSPS) is 11.5. The van der Waals surface area contributed by atoms with Crippen LogP contribution in [0.2, 0.25) is 10.0 Å². The van der Waals surface area contributed by atoms with E-state index in [1.165, 1.54) is 6.07 Å². The zero-order valence-corrected chi connectivity index (χ0v) is 12.2. The summed E-state index contributed by atoms with van der Waals surface area (Å²) in [5.41, 5.74) is 6.27. The molecule has 0 unspecified atom stereocenters. The fourth-order valence-electron chi connectivity index (χ4n) is 1.75. The van der Waals surface area contributed by atoms with E-state index < -0.39 is 11.7 Å². The minimum absolute atomic E-state index is 0.209. The average Bonchev–Trinajstić information content (AvgIpc) is 2.42. The molecular formula is C14H11Cl2F3N2. The van der Waals surface area contributed by atoms with Gasteiger partial charge in [-0.05, 0) is 29.8 Å². The molecule has 0 saturated heterocycles. The third-order valence-corrected chi connectivity index (χ3v) is 3.46. The van der Waals surface area contributed by atoms with E-state index in [0.717, 1.165) is 12.1 Å². The molecule has 0 heterocycles. The van der Waals surface area contributed by atoms with Gasteiger partial charge in [0.1, 0.15) is 0 Å². The number of halogens is 5. The Labute approximate surface area is 129 Å². The van der Waals surface area contributed by atoms with Gasteiger partial charge in [0.15, 0.2) is 0 Å². The van der Waals surface area contributed by atoms with E-state index >= 15 is 0 Å². The molecule has 0 aromatic heterocycles. The molecule has 0 aliphatic rings. The van der Waals surface area contributed by atoms with Gasteiger partial charge in [-0.2, -0.15) is 13.2 Å². The summed E-state index contributed by atoms with van der Waals surface area (Å²) < 4.78 is 37.8. The number of hydrogen-bond donors (Lipinski definition) is 2. The third-order valence-electron chi connectivity index (χ3n) is 2.83. The molecule has 0 fully saturated rings. The summed E-state index contributed by atoms with van der Waals surface area (Å²) in [5.74, 6) is 0. The number of nitrogens with one attached hydrogen (secondary N) is 1. The number of nitrogens with two attached hydrogens (primary N) is 1. The number of nitrogen functional groups attached to an aromatic ring is 1. The number of anilines is 2. The van der Waals surface area contributed by atoms with Gasteiger partial charge in [-0.3, -0.25) is 0 Å². The second-order valence-electron chi connectivity index (χ2n) is 4.41. The molecule has 0 atom stereocenters. The summed E-state index contributed by atoms with van der Waals surface area (Å²) in [4.78, 5) is 0. The monoisotopic (exact) mass is 334 g/mol. The van der Waals surface area contributed by atoms with Crippen LogP contribution in [0.1, 0.15) is 11.1 Å². The van der Waals surface area contributed by atoms with Gasteiger partial charge in [-0.1, -0.05) is 35.3 Å². The Morgan fingerprint density at radius 3 is 2.24 bits per heavy atom. The molecule has 0 aliphatic heterocycles. The minimum Gasteiger partial charge on any atom is -0.396 e. The van der Waals surface area contributed by atoms with E-state index in [4.69, 9.17) is 28.9 Å². The first-order valence-corrected chi connectivity index (χ1v) is 6.67. The third kappa shape index (κ3) is 3.95. The van der Waals surface area contributed by atoms with Crippen molar-refractivity contribution >= 4 is 34.6 Å². The summed E-state index contributed by atoms with van der Waals surface area (Å²) in [5, 5.41) is 3.53. The van der Waals surface area contributed by atoms with Crippen molar-refractivity contribution in [3.8, 4) is 0 Å². The van der Waals surface area contributed by atoms with Crippen molar-refractivity contribution in [2.24, 2.45) is 0 Å². The van der Waals surface area contributed by atoms with Gasteiger partial charge in [-0.15, -0.1) is 0 Å². The molecule has 2 rings (SSSR count). The maximum absolute atomic E-state index is 12.6. The maximum atomic E-state index is 12.6. The topological polar surface area (TPSA) is 38.0 Å². The quantitative estimate of drug-likeness (QED) is 0.756. The van der Waals surface area contributed by atoms with E-state index in [-0.39, 0.29) is 22.3 Å². The molecule has 0 amide bonds. The van der Waals surface area contributed by atoms with E-state index in [2.05, 4.69) is 5.32 Å². The van der Waals surface area contributed by atoms with E-state index in [1.54, 1.807) is 18.2 Å². The smallest absolute Gasteiger partial charge is 0.396 e. The van der Waals surface area contributed by atoms with Crippen LogP contribution in [-0.4, -0.2) is 0 Å². The van der Waals surface area contributed by atoms with Crippen LogP contribution in [0.3, 0.4) is 0 Å². The van der Waals surface area contributed by atoms with Crippen molar-refractivity contribution < 1.29 is 13.2 Å². The zero-order valence-electron chi connectivity index (χ0n) is 10.6. The second-order valence-corrected chi connectivity index (χ2v) is 5.22. The van der Waals surface area contributed by atoms with Crippen LogP contribution in [0.15, 0.2) is 36.4 Å². The molecule has 7 heteroatoms. The Hall–Kier alpha value is -1.59. The van der Waals surface area contributed by atoms with Crippen molar-refractivity contribution in [3.63, 3.8) is 0 Å². The van der Waals surface area contributed by atoms with Gasteiger partial charge in [0, 0.05) is 12.2 Å². The second kappa shape index (κ2) is 6.03.